The maximum absolute atomic E-state index is 11.6. The molecular weight excluding hydrogens is 354 g/mol. The van der Waals surface area contributed by atoms with Gasteiger partial charge in [0.2, 0.25) is 0 Å². The molecule has 2 fully saturated rings. The summed E-state index contributed by atoms with van der Waals surface area (Å²) in [7, 11) is 4.78. The maximum Gasteiger partial charge on any atom is 0.306 e. The van der Waals surface area contributed by atoms with E-state index in [2.05, 4.69) is 55.4 Å². The van der Waals surface area contributed by atoms with Crippen LogP contribution in [0.3, 0.4) is 0 Å². The van der Waals surface area contributed by atoms with Crippen molar-refractivity contribution in [3.8, 4) is 0 Å². The molecular formula is C19H24O4P2. The molecule has 0 bridgehead atoms. The van der Waals surface area contributed by atoms with Gasteiger partial charge in [0, 0.05) is 37.2 Å². The van der Waals surface area contributed by atoms with E-state index in [4.69, 9.17) is 13.8 Å². The largest absolute Gasteiger partial charge is 0.462 e. The predicted molar refractivity (Wildman–Crippen MR) is 102 cm³/mol. The number of esters is 1. The van der Waals surface area contributed by atoms with Gasteiger partial charge in [-0.25, -0.2) is 0 Å². The molecule has 1 saturated heterocycles. The Morgan fingerprint density at radius 2 is 1.88 bits per heavy atom. The second-order valence-corrected chi connectivity index (χ2v) is 7.85. The molecule has 3 aliphatic rings. The lowest BCUT2D eigenvalue weighted by Crippen LogP contribution is -2.22. The zero-order chi connectivity index (χ0) is 17.4. The van der Waals surface area contributed by atoms with Gasteiger partial charge in [0.05, 0.1) is 18.6 Å². The van der Waals surface area contributed by atoms with E-state index >= 15 is 0 Å². The third-order valence-corrected chi connectivity index (χ3v) is 6.62. The zero-order valence-corrected chi connectivity index (χ0v) is 16.4. The molecule has 1 aromatic carbocycles. The molecule has 4 nitrogen and oxygen atoms in total. The second kappa shape index (κ2) is 7.45. The predicted octanol–water partition coefficient (Wildman–Crippen LogP) is 3.26. The summed E-state index contributed by atoms with van der Waals surface area (Å²) in [6.07, 6.45) is 7.83. The number of carbonyl (C=O) groups excluding carboxylic acids is 1. The summed E-state index contributed by atoms with van der Waals surface area (Å²) in [5.41, 5.74) is 2.85. The quantitative estimate of drug-likeness (QED) is 0.448. The Labute approximate surface area is 153 Å². The molecule has 0 spiro atoms. The normalized spacial score (nSPS) is 32.8. The highest BCUT2D eigenvalue weighted by molar-refractivity contribution is 7.10. The number of carbonyl (C=O) groups is 1. The van der Waals surface area contributed by atoms with Crippen LogP contribution in [-0.4, -0.2) is 24.3 Å². The first-order valence-electron chi connectivity index (χ1n) is 8.85. The van der Waals surface area contributed by atoms with Crippen LogP contribution in [0.25, 0.3) is 0 Å². The van der Waals surface area contributed by atoms with Crippen LogP contribution in [0, 0.1) is 17.8 Å². The number of rotatable bonds is 5. The number of hydrogen-bond acceptors (Lipinski definition) is 4. The van der Waals surface area contributed by atoms with Crippen molar-refractivity contribution in [3.05, 3.63) is 47.5 Å². The highest BCUT2D eigenvalue weighted by Gasteiger charge is 2.49. The molecule has 0 aromatic heterocycles. The molecule has 0 N–H and O–H groups in total. The first-order valence-corrected chi connectivity index (χ1v) is 9.79. The lowest BCUT2D eigenvalue weighted by Gasteiger charge is -2.21. The van der Waals surface area contributed by atoms with Gasteiger partial charge < -0.3 is 13.8 Å². The van der Waals surface area contributed by atoms with Crippen LogP contribution in [0.1, 0.15) is 24.0 Å². The first-order chi connectivity index (χ1) is 12.2. The number of fused-ring (bicyclic) bond motifs is 2. The van der Waals surface area contributed by atoms with Crippen molar-refractivity contribution in [2.75, 3.05) is 0 Å². The molecule has 5 unspecified atom stereocenters. The lowest BCUT2D eigenvalue weighted by atomic mass is 9.90. The van der Waals surface area contributed by atoms with Crippen molar-refractivity contribution >= 4 is 24.9 Å². The van der Waals surface area contributed by atoms with Crippen LogP contribution in [0.4, 0.5) is 0 Å². The zero-order valence-electron chi connectivity index (χ0n) is 14.0. The Kier molecular flexibility index (Phi) is 5.25. The third kappa shape index (κ3) is 3.43. The monoisotopic (exact) mass is 378 g/mol. The number of benzene rings is 1. The van der Waals surface area contributed by atoms with Crippen LogP contribution in [0.2, 0.25) is 0 Å². The van der Waals surface area contributed by atoms with E-state index in [0.717, 1.165) is 19.3 Å². The molecule has 1 heterocycles. The molecule has 0 radical (unpaired) electrons. The van der Waals surface area contributed by atoms with Gasteiger partial charge in [-0.15, -0.1) is 0 Å². The molecule has 2 aliphatic carbocycles. The van der Waals surface area contributed by atoms with Gasteiger partial charge in [0.15, 0.2) is 0 Å². The Bertz CT molecular complexity index is 652. The van der Waals surface area contributed by atoms with Gasteiger partial charge in [-0.05, 0) is 29.9 Å². The fourth-order valence-corrected chi connectivity index (χ4v) is 5.29. The Morgan fingerprint density at radius 3 is 2.52 bits per heavy atom. The van der Waals surface area contributed by atoms with E-state index in [0.29, 0.717) is 12.3 Å². The van der Waals surface area contributed by atoms with Crippen molar-refractivity contribution in [1.29, 1.82) is 0 Å². The number of ether oxygens (including phenoxy) is 1. The molecule has 134 valence electrons. The van der Waals surface area contributed by atoms with Crippen molar-refractivity contribution in [1.82, 2.24) is 0 Å². The van der Waals surface area contributed by atoms with Crippen molar-refractivity contribution in [3.63, 3.8) is 0 Å². The molecule has 1 aliphatic heterocycles. The minimum absolute atomic E-state index is 0.00111. The fourth-order valence-electron chi connectivity index (χ4n) is 4.69. The molecule has 1 saturated carbocycles. The fraction of sp³-hybridized carbons (Fsp3) is 0.526. The van der Waals surface area contributed by atoms with Gasteiger partial charge in [-0.1, -0.05) is 36.4 Å². The summed E-state index contributed by atoms with van der Waals surface area (Å²) in [5.74, 6) is 0.779. The topological polar surface area (TPSA) is 44.8 Å². The lowest BCUT2D eigenvalue weighted by molar-refractivity contribution is -0.141. The average molecular weight is 378 g/mol. The van der Waals surface area contributed by atoms with Gasteiger partial charge in [0.1, 0.15) is 6.10 Å². The number of hydrogen-bond donors (Lipinski definition) is 0. The Balaban J connectivity index is 1.47. The smallest absolute Gasteiger partial charge is 0.306 e. The molecule has 1 aromatic rings. The van der Waals surface area contributed by atoms with E-state index in [1.165, 1.54) is 11.1 Å². The van der Waals surface area contributed by atoms with Crippen LogP contribution < -0.4 is 0 Å². The van der Waals surface area contributed by atoms with E-state index in [1.54, 1.807) is 0 Å². The maximum atomic E-state index is 11.6. The minimum atomic E-state index is -0.0827. The highest BCUT2D eigenvalue weighted by atomic mass is 31.0. The van der Waals surface area contributed by atoms with Crippen molar-refractivity contribution in [2.24, 2.45) is 17.8 Å². The molecule has 25 heavy (non-hydrogen) atoms. The van der Waals surface area contributed by atoms with E-state index in [1.807, 2.05) is 0 Å². The molecule has 4 rings (SSSR count). The average Bonchev–Trinajstić information content (AvgIpc) is 3.27. The van der Waals surface area contributed by atoms with Crippen molar-refractivity contribution < 1.29 is 18.6 Å². The highest BCUT2D eigenvalue weighted by Crippen LogP contribution is 2.44. The Morgan fingerprint density at radius 1 is 1.16 bits per heavy atom. The van der Waals surface area contributed by atoms with Crippen LogP contribution in [-0.2, 0) is 31.4 Å². The van der Waals surface area contributed by atoms with Crippen LogP contribution in [0.15, 0.2) is 36.4 Å². The van der Waals surface area contributed by atoms with E-state index in [9.17, 15) is 4.79 Å². The van der Waals surface area contributed by atoms with Gasteiger partial charge in [-0.3, -0.25) is 4.79 Å². The summed E-state index contributed by atoms with van der Waals surface area (Å²) < 4.78 is 16.7. The van der Waals surface area contributed by atoms with Gasteiger partial charge >= 0.3 is 5.97 Å². The van der Waals surface area contributed by atoms with Gasteiger partial charge in [0.25, 0.3) is 0 Å². The summed E-state index contributed by atoms with van der Waals surface area (Å²) in [5, 5.41) is 0. The Hall–Kier alpha value is -0.790. The minimum Gasteiger partial charge on any atom is -0.462 e. The van der Waals surface area contributed by atoms with Crippen molar-refractivity contribution in [2.45, 2.75) is 44.0 Å². The second-order valence-electron chi connectivity index (χ2n) is 7.31. The summed E-state index contributed by atoms with van der Waals surface area (Å²) in [6, 6.07) is 8.62. The SMILES string of the molecule is O=C1C[C@H]2C(CC(OP)[C@@H]2/C=C/C(OP)C2Cc3ccccc3C2)O1. The summed E-state index contributed by atoms with van der Waals surface area (Å²) in [4.78, 5) is 11.6. The summed E-state index contributed by atoms with van der Waals surface area (Å²) in [6.45, 7) is 0. The summed E-state index contributed by atoms with van der Waals surface area (Å²) >= 11 is 0. The molecule has 6 heteroatoms. The van der Waals surface area contributed by atoms with E-state index in [-0.39, 0.29) is 36.1 Å². The molecule has 7 atom stereocenters. The van der Waals surface area contributed by atoms with Crippen LogP contribution >= 0.6 is 18.9 Å². The first kappa shape index (κ1) is 17.6. The standard InChI is InChI=1S/C19H24O4P2/c20-19-9-15-14(18(23-25)10-17(15)21-19)5-6-16(22-24)13-7-11-3-1-2-4-12(11)8-13/h1-6,13-18H,7-10,24-25H2/b6-5+/t14-,15-,16?,17?,18?/m1/s1. The van der Waals surface area contributed by atoms with Crippen LogP contribution in [0.5, 0.6) is 0 Å². The van der Waals surface area contributed by atoms with E-state index < -0.39 is 0 Å². The molecule has 0 amide bonds. The third-order valence-electron chi connectivity index (χ3n) is 5.95. The van der Waals surface area contributed by atoms with Gasteiger partial charge in [-0.2, -0.15) is 0 Å².